The van der Waals surface area contributed by atoms with Crippen LogP contribution in [0, 0.1) is 0 Å². The van der Waals surface area contributed by atoms with Gasteiger partial charge in [0.15, 0.2) is 5.17 Å². The van der Waals surface area contributed by atoms with Gasteiger partial charge in [0.2, 0.25) is 5.88 Å². The van der Waals surface area contributed by atoms with E-state index in [0.717, 1.165) is 29.4 Å². The van der Waals surface area contributed by atoms with Gasteiger partial charge >= 0.3 is 0 Å². The van der Waals surface area contributed by atoms with Crippen LogP contribution in [-0.2, 0) is 0 Å². The third kappa shape index (κ3) is 3.86. The summed E-state index contributed by atoms with van der Waals surface area (Å²) in [6.45, 7) is 6.99. The van der Waals surface area contributed by atoms with Crippen molar-refractivity contribution in [2.45, 2.75) is 39.2 Å². The highest BCUT2D eigenvalue weighted by Crippen LogP contribution is 2.29. The van der Waals surface area contributed by atoms with E-state index in [0.29, 0.717) is 12.5 Å². The Morgan fingerprint density at radius 2 is 2.26 bits per heavy atom. The van der Waals surface area contributed by atoms with Crippen LogP contribution in [-0.4, -0.2) is 28.1 Å². The molecule has 1 aromatic rings. The van der Waals surface area contributed by atoms with Crippen molar-refractivity contribution in [3.05, 3.63) is 18.3 Å². The van der Waals surface area contributed by atoms with Gasteiger partial charge in [-0.05, 0) is 32.8 Å². The number of rotatable bonds is 4. The van der Waals surface area contributed by atoms with Gasteiger partial charge in [0, 0.05) is 11.8 Å². The molecule has 0 amide bonds. The fourth-order valence-electron chi connectivity index (χ4n) is 1.83. The number of aromatic nitrogens is 1. The summed E-state index contributed by atoms with van der Waals surface area (Å²) in [5, 5.41) is 4.32. The molecule has 1 unspecified atom stereocenters. The van der Waals surface area contributed by atoms with Gasteiger partial charge in [0.25, 0.3) is 0 Å². The quantitative estimate of drug-likeness (QED) is 0.915. The number of ether oxygens (including phenoxy) is 1. The molecule has 0 spiro atoms. The molecule has 104 valence electrons. The Labute approximate surface area is 119 Å². The lowest BCUT2D eigenvalue weighted by Gasteiger charge is -2.29. The number of thioether (sulfide) groups is 1. The monoisotopic (exact) mass is 279 g/mol. The summed E-state index contributed by atoms with van der Waals surface area (Å²) in [5.74, 6) is 1.77. The van der Waals surface area contributed by atoms with E-state index in [-0.39, 0.29) is 5.54 Å². The van der Waals surface area contributed by atoms with Crippen molar-refractivity contribution in [3.63, 3.8) is 0 Å². The number of nitrogens with one attached hydrogen (secondary N) is 1. The SMILES string of the molecule is CCOc1ccc(NC2=NC(C)(CC)CCS2)cn1. The molecular formula is C14H21N3OS. The molecule has 1 atom stereocenters. The van der Waals surface area contributed by atoms with Gasteiger partial charge in [-0.15, -0.1) is 0 Å². The number of anilines is 1. The van der Waals surface area contributed by atoms with Crippen molar-refractivity contribution in [2.24, 2.45) is 4.99 Å². The van der Waals surface area contributed by atoms with Crippen LogP contribution in [0.3, 0.4) is 0 Å². The Bertz CT molecular complexity index is 447. The van der Waals surface area contributed by atoms with Crippen molar-refractivity contribution in [3.8, 4) is 5.88 Å². The van der Waals surface area contributed by atoms with E-state index in [1.165, 1.54) is 0 Å². The minimum atomic E-state index is 0.0757. The Hall–Kier alpha value is -1.23. The largest absolute Gasteiger partial charge is 0.478 e. The fraction of sp³-hybridized carbons (Fsp3) is 0.571. The molecule has 0 fully saturated rings. The van der Waals surface area contributed by atoms with Gasteiger partial charge < -0.3 is 10.1 Å². The zero-order valence-electron chi connectivity index (χ0n) is 11.8. The molecule has 1 N–H and O–H groups in total. The summed E-state index contributed by atoms with van der Waals surface area (Å²) in [6.07, 6.45) is 3.99. The smallest absolute Gasteiger partial charge is 0.213 e. The first-order valence-electron chi connectivity index (χ1n) is 6.74. The molecule has 0 bridgehead atoms. The second-order valence-corrected chi connectivity index (χ2v) is 5.89. The van der Waals surface area contributed by atoms with Gasteiger partial charge in [0.05, 0.1) is 24.0 Å². The van der Waals surface area contributed by atoms with E-state index < -0.39 is 0 Å². The number of aliphatic imine (C=N–C) groups is 1. The Morgan fingerprint density at radius 3 is 2.89 bits per heavy atom. The van der Waals surface area contributed by atoms with E-state index in [1.807, 2.05) is 19.1 Å². The first kappa shape index (κ1) is 14.2. The number of nitrogens with zero attached hydrogens (tertiary/aromatic N) is 2. The molecule has 0 saturated carbocycles. The second-order valence-electron chi connectivity index (χ2n) is 4.81. The molecule has 0 aromatic carbocycles. The Balaban J connectivity index is 2.04. The lowest BCUT2D eigenvalue weighted by molar-refractivity contribution is 0.327. The first-order chi connectivity index (χ1) is 9.15. The highest BCUT2D eigenvalue weighted by atomic mass is 32.2. The Morgan fingerprint density at radius 1 is 1.42 bits per heavy atom. The molecule has 0 radical (unpaired) electrons. The minimum absolute atomic E-state index is 0.0757. The summed E-state index contributed by atoms with van der Waals surface area (Å²) in [6, 6.07) is 3.85. The Kier molecular flexibility index (Phi) is 4.69. The van der Waals surface area contributed by atoms with Gasteiger partial charge in [-0.25, -0.2) is 4.98 Å². The molecule has 1 aliphatic rings. The van der Waals surface area contributed by atoms with Crippen LogP contribution in [0.15, 0.2) is 23.3 Å². The summed E-state index contributed by atoms with van der Waals surface area (Å²) in [7, 11) is 0. The molecule has 0 saturated heterocycles. The van der Waals surface area contributed by atoms with E-state index in [2.05, 4.69) is 24.1 Å². The molecule has 2 rings (SSSR count). The van der Waals surface area contributed by atoms with Gasteiger partial charge in [0.1, 0.15) is 0 Å². The maximum absolute atomic E-state index is 5.33. The molecule has 1 aliphatic heterocycles. The van der Waals surface area contributed by atoms with Crippen molar-refractivity contribution in [1.82, 2.24) is 4.98 Å². The zero-order valence-corrected chi connectivity index (χ0v) is 12.6. The molecule has 4 nitrogen and oxygen atoms in total. The normalized spacial score (nSPS) is 22.8. The lowest BCUT2D eigenvalue weighted by Crippen LogP contribution is -2.29. The van der Waals surface area contributed by atoms with Crippen molar-refractivity contribution in [1.29, 1.82) is 0 Å². The van der Waals surface area contributed by atoms with Gasteiger partial charge in [-0.1, -0.05) is 18.7 Å². The number of hydrogen-bond donors (Lipinski definition) is 1. The third-order valence-corrected chi connectivity index (χ3v) is 4.17. The fourth-order valence-corrected chi connectivity index (χ4v) is 3.04. The maximum Gasteiger partial charge on any atom is 0.213 e. The highest BCUT2D eigenvalue weighted by molar-refractivity contribution is 8.14. The van der Waals surface area contributed by atoms with Gasteiger partial charge in [-0.3, -0.25) is 4.99 Å². The van der Waals surface area contributed by atoms with Crippen LogP contribution >= 0.6 is 11.8 Å². The molecular weight excluding hydrogens is 258 g/mol. The molecule has 19 heavy (non-hydrogen) atoms. The van der Waals surface area contributed by atoms with Crippen LogP contribution in [0.5, 0.6) is 5.88 Å². The predicted octanol–water partition coefficient (Wildman–Crippen LogP) is 3.55. The maximum atomic E-state index is 5.33. The number of hydrogen-bond acceptors (Lipinski definition) is 5. The van der Waals surface area contributed by atoms with Crippen molar-refractivity contribution >= 4 is 22.6 Å². The van der Waals surface area contributed by atoms with E-state index in [1.54, 1.807) is 18.0 Å². The molecule has 2 heterocycles. The molecule has 5 heteroatoms. The summed E-state index contributed by atoms with van der Waals surface area (Å²) in [4.78, 5) is 9.04. The van der Waals surface area contributed by atoms with Crippen LogP contribution in [0.1, 0.15) is 33.6 Å². The topological polar surface area (TPSA) is 46.5 Å². The second kappa shape index (κ2) is 6.28. The number of amidine groups is 1. The van der Waals surface area contributed by atoms with Crippen molar-refractivity contribution in [2.75, 3.05) is 17.7 Å². The van der Waals surface area contributed by atoms with Crippen LogP contribution < -0.4 is 10.1 Å². The van der Waals surface area contributed by atoms with Crippen LogP contribution in [0.2, 0.25) is 0 Å². The standard InChI is InChI=1S/C14H21N3OS/c1-4-14(3)8-9-19-13(17-14)16-11-6-7-12(15-10-11)18-5-2/h6-7,10H,4-5,8-9H2,1-3H3,(H,16,17). The first-order valence-corrected chi connectivity index (χ1v) is 7.72. The van der Waals surface area contributed by atoms with Crippen LogP contribution in [0.4, 0.5) is 5.69 Å². The summed E-state index contributed by atoms with van der Waals surface area (Å²) >= 11 is 1.77. The highest BCUT2D eigenvalue weighted by Gasteiger charge is 2.25. The van der Waals surface area contributed by atoms with Crippen molar-refractivity contribution < 1.29 is 4.74 Å². The van der Waals surface area contributed by atoms with E-state index in [4.69, 9.17) is 9.73 Å². The minimum Gasteiger partial charge on any atom is -0.478 e. The third-order valence-electron chi connectivity index (χ3n) is 3.29. The van der Waals surface area contributed by atoms with E-state index >= 15 is 0 Å². The van der Waals surface area contributed by atoms with Gasteiger partial charge in [-0.2, -0.15) is 0 Å². The summed E-state index contributed by atoms with van der Waals surface area (Å²) < 4.78 is 5.33. The molecule has 0 aliphatic carbocycles. The lowest BCUT2D eigenvalue weighted by atomic mass is 9.97. The average molecular weight is 279 g/mol. The predicted molar refractivity (Wildman–Crippen MR) is 82.2 cm³/mol. The number of pyridine rings is 1. The average Bonchev–Trinajstić information content (AvgIpc) is 2.42. The molecule has 1 aromatic heterocycles. The zero-order chi connectivity index (χ0) is 13.7. The summed E-state index contributed by atoms with van der Waals surface area (Å²) in [5.41, 5.74) is 1.03. The van der Waals surface area contributed by atoms with E-state index in [9.17, 15) is 0 Å². The van der Waals surface area contributed by atoms with Crippen LogP contribution in [0.25, 0.3) is 0 Å².